The van der Waals surface area contributed by atoms with Crippen LogP contribution in [0.4, 0.5) is 9.59 Å². The smallest absolute Gasteiger partial charge is 0.435 e. The van der Waals surface area contributed by atoms with Crippen LogP contribution in [0.2, 0.25) is 0 Å². The Bertz CT molecular complexity index is 547. The summed E-state index contributed by atoms with van der Waals surface area (Å²) in [6.07, 6.45) is 5.12. The van der Waals surface area contributed by atoms with Crippen LogP contribution in [0.5, 0.6) is 0 Å². The largest absolute Gasteiger partial charge is 0.465 e. The maximum Gasteiger partial charge on any atom is 0.435 e. The summed E-state index contributed by atoms with van der Waals surface area (Å²) >= 11 is 0. The van der Waals surface area contributed by atoms with Gasteiger partial charge >= 0.3 is 12.2 Å². The topological polar surface area (TPSA) is 84.7 Å². The first-order valence-corrected chi connectivity index (χ1v) is 7.53. The molecular weight excluding hydrogens is 286 g/mol. The number of hydrogen-bond donors (Lipinski definition) is 1. The number of carbonyl (C=O) groups excluding carboxylic acids is 1. The van der Waals surface area contributed by atoms with Crippen molar-refractivity contribution in [1.29, 1.82) is 0 Å². The lowest BCUT2D eigenvalue weighted by Crippen LogP contribution is -2.44. The molecule has 2 rings (SSSR count). The lowest BCUT2D eigenvalue weighted by molar-refractivity contribution is 0.0514. The summed E-state index contributed by atoms with van der Waals surface area (Å²) in [4.78, 5) is 24.6. The number of rotatable bonds is 2. The summed E-state index contributed by atoms with van der Waals surface area (Å²) in [6.45, 7) is 5.95. The van der Waals surface area contributed by atoms with Crippen LogP contribution in [-0.2, 0) is 11.2 Å². The molecule has 22 heavy (non-hydrogen) atoms. The average Bonchev–Trinajstić information content (AvgIpc) is 2.86. The third kappa shape index (κ3) is 4.22. The fraction of sp³-hybridized carbons (Fsp3) is 0.667. The molecule has 0 aliphatic carbocycles. The fourth-order valence-electron chi connectivity index (χ4n) is 2.61. The minimum Gasteiger partial charge on any atom is -0.465 e. The first-order chi connectivity index (χ1) is 10.3. The molecule has 1 N–H and O–H groups in total. The van der Waals surface area contributed by atoms with E-state index in [-0.39, 0.29) is 6.04 Å². The second-order valence-electron chi connectivity index (χ2n) is 6.60. The highest BCUT2D eigenvalue weighted by Gasteiger charge is 2.27. The molecule has 1 aromatic heterocycles. The minimum atomic E-state index is -0.885. The van der Waals surface area contributed by atoms with Crippen molar-refractivity contribution in [2.45, 2.75) is 58.1 Å². The van der Waals surface area contributed by atoms with Crippen LogP contribution < -0.4 is 0 Å². The van der Waals surface area contributed by atoms with E-state index < -0.39 is 17.8 Å². The lowest BCUT2D eigenvalue weighted by atomic mass is 9.97. The van der Waals surface area contributed by atoms with E-state index in [4.69, 9.17) is 4.74 Å². The van der Waals surface area contributed by atoms with Crippen molar-refractivity contribution >= 4 is 12.2 Å². The van der Waals surface area contributed by atoms with Crippen LogP contribution in [0.15, 0.2) is 12.4 Å². The average molecular weight is 309 g/mol. The van der Waals surface area contributed by atoms with E-state index in [0.717, 1.165) is 29.5 Å². The van der Waals surface area contributed by atoms with Crippen molar-refractivity contribution < 1.29 is 19.4 Å². The molecule has 1 saturated heterocycles. The monoisotopic (exact) mass is 309 g/mol. The van der Waals surface area contributed by atoms with Gasteiger partial charge in [0.2, 0.25) is 0 Å². The number of piperidine rings is 1. The van der Waals surface area contributed by atoms with Crippen LogP contribution in [0.1, 0.15) is 45.6 Å². The molecule has 0 aromatic carbocycles. The van der Waals surface area contributed by atoms with Gasteiger partial charge in [-0.1, -0.05) is 0 Å². The zero-order valence-electron chi connectivity index (χ0n) is 13.3. The number of likely N-dealkylation sites (tertiary alicyclic amines) is 1. The molecule has 1 fully saturated rings. The number of carbonyl (C=O) groups is 2. The van der Waals surface area contributed by atoms with Gasteiger partial charge < -0.3 is 14.7 Å². The molecule has 1 amide bonds. The van der Waals surface area contributed by atoms with Gasteiger partial charge in [0.05, 0.1) is 6.20 Å². The lowest BCUT2D eigenvalue weighted by Gasteiger charge is -2.33. The van der Waals surface area contributed by atoms with Gasteiger partial charge in [-0.15, -0.1) is 0 Å². The third-order valence-electron chi connectivity index (χ3n) is 3.56. The Morgan fingerprint density at radius 1 is 1.41 bits per heavy atom. The molecule has 122 valence electrons. The Balaban J connectivity index is 2.02. The molecular formula is C15H23N3O4. The summed E-state index contributed by atoms with van der Waals surface area (Å²) in [6, 6.07) is -0.0532. The standard InChI is InChI=1S/C15H23N3O4/c1-15(2,3)22-14(21)18-10-11(9-16-18)8-12-6-4-5-7-17(12)13(19)20/h9-10,12H,4-8H2,1-3H3,(H,19,20). The quantitative estimate of drug-likeness (QED) is 0.908. The number of ether oxygens (including phenoxy) is 1. The van der Waals surface area contributed by atoms with Gasteiger partial charge in [0.1, 0.15) is 5.60 Å². The number of nitrogens with zero attached hydrogens (tertiary/aromatic N) is 3. The van der Waals surface area contributed by atoms with E-state index in [0.29, 0.717) is 13.0 Å². The van der Waals surface area contributed by atoms with E-state index in [1.807, 2.05) is 0 Å². The van der Waals surface area contributed by atoms with Crippen LogP contribution in [0.3, 0.4) is 0 Å². The molecule has 7 heteroatoms. The third-order valence-corrected chi connectivity index (χ3v) is 3.56. The number of hydrogen-bond acceptors (Lipinski definition) is 4. The molecule has 0 saturated carbocycles. The zero-order valence-corrected chi connectivity index (χ0v) is 13.3. The maximum atomic E-state index is 11.9. The van der Waals surface area contributed by atoms with Gasteiger partial charge in [0.15, 0.2) is 0 Å². The van der Waals surface area contributed by atoms with E-state index >= 15 is 0 Å². The molecule has 1 unspecified atom stereocenters. The molecule has 0 spiro atoms. The van der Waals surface area contributed by atoms with Crippen molar-refractivity contribution in [3.63, 3.8) is 0 Å². The van der Waals surface area contributed by atoms with Crippen molar-refractivity contribution in [3.8, 4) is 0 Å². The summed E-state index contributed by atoms with van der Waals surface area (Å²) in [5.74, 6) is 0. The van der Waals surface area contributed by atoms with Crippen molar-refractivity contribution in [2.75, 3.05) is 6.54 Å². The molecule has 1 aliphatic heterocycles. The van der Waals surface area contributed by atoms with Crippen LogP contribution in [-0.4, -0.2) is 50.2 Å². The van der Waals surface area contributed by atoms with E-state index in [9.17, 15) is 14.7 Å². The van der Waals surface area contributed by atoms with Gasteiger partial charge in [0.25, 0.3) is 0 Å². The number of carboxylic acid groups (broad SMARTS) is 1. The molecule has 2 heterocycles. The van der Waals surface area contributed by atoms with Crippen molar-refractivity contribution in [3.05, 3.63) is 18.0 Å². The Kier molecular flexibility index (Phi) is 4.73. The number of aromatic nitrogens is 2. The Morgan fingerprint density at radius 2 is 2.14 bits per heavy atom. The van der Waals surface area contributed by atoms with E-state index in [1.165, 1.54) is 4.90 Å². The second kappa shape index (κ2) is 6.37. The first kappa shape index (κ1) is 16.3. The van der Waals surface area contributed by atoms with Crippen LogP contribution in [0.25, 0.3) is 0 Å². The van der Waals surface area contributed by atoms with Crippen molar-refractivity contribution in [1.82, 2.24) is 14.7 Å². The molecule has 0 radical (unpaired) electrons. The van der Waals surface area contributed by atoms with Gasteiger partial charge in [-0.2, -0.15) is 9.78 Å². The van der Waals surface area contributed by atoms with E-state index in [2.05, 4.69) is 5.10 Å². The highest BCUT2D eigenvalue weighted by Crippen LogP contribution is 2.21. The molecule has 0 bridgehead atoms. The predicted octanol–water partition coefficient (Wildman–Crippen LogP) is 2.74. The predicted molar refractivity (Wildman–Crippen MR) is 79.9 cm³/mol. The van der Waals surface area contributed by atoms with Gasteiger partial charge in [-0.05, 0) is 52.0 Å². The second-order valence-corrected chi connectivity index (χ2v) is 6.60. The van der Waals surface area contributed by atoms with Gasteiger partial charge in [0, 0.05) is 18.8 Å². The Hall–Kier alpha value is -2.05. The summed E-state index contributed by atoms with van der Waals surface area (Å²) in [5.41, 5.74) is 0.260. The highest BCUT2D eigenvalue weighted by molar-refractivity contribution is 5.69. The fourth-order valence-corrected chi connectivity index (χ4v) is 2.61. The minimum absolute atomic E-state index is 0.0532. The zero-order chi connectivity index (χ0) is 16.3. The van der Waals surface area contributed by atoms with Gasteiger partial charge in [-0.3, -0.25) is 0 Å². The van der Waals surface area contributed by atoms with Crippen LogP contribution >= 0.6 is 0 Å². The first-order valence-electron chi connectivity index (χ1n) is 7.53. The molecule has 7 nitrogen and oxygen atoms in total. The molecule has 1 atom stereocenters. The van der Waals surface area contributed by atoms with Gasteiger partial charge in [-0.25, -0.2) is 9.59 Å². The normalized spacial score (nSPS) is 19.0. The molecule has 1 aromatic rings. The van der Waals surface area contributed by atoms with E-state index in [1.54, 1.807) is 33.2 Å². The SMILES string of the molecule is CC(C)(C)OC(=O)n1cc(CC2CCCCN2C(=O)O)cn1. The summed E-state index contributed by atoms with van der Waals surface area (Å²) < 4.78 is 6.40. The van der Waals surface area contributed by atoms with Crippen molar-refractivity contribution in [2.24, 2.45) is 0 Å². The summed E-state index contributed by atoms with van der Waals surface area (Å²) in [7, 11) is 0. The summed E-state index contributed by atoms with van der Waals surface area (Å²) in [5, 5.41) is 13.3. The highest BCUT2D eigenvalue weighted by atomic mass is 16.6. The van der Waals surface area contributed by atoms with Crippen LogP contribution in [0, 0.1) is 0 Å². The molecule has 1 aliphatic rings. The Morgan fingerprint density at radius 3 is 2.77 bits per heavy atom. The maximum absolute atomic E-state index is 11.9. The number of amides is 1. The Labute approximate surface area is 129 Å².